The van der Waals surface area contributed by atoms with Crippen molar-refractivity contribution in [3.8, 4) is 5.75 Å². The average Bonchev–Trinajstić information content (AvgIpc) is 3.55. The third kappa shape index (κ3) is 7.25. The molecule has 0 radical (unpaired) electrons. The van der Waals surface area contributed by atoms with Gasteiger partial charge in [0.05, 0.1) is 18.1 Å². The number of esters is 1. The van der Waals surface area contributed by atoms with Gasteiger partial charge in [0.1, 0.15) is 48.1 Å². The molecule has 2 fully saturated rings. The van der Waals surface area contributed by atoms with Crippen LogP contribution in [0.3, 0.4) is 0 Å². The summed E-state index contributed by atoms with van der Waals surface area (Å²) in [6, 6.07) is 7.50. The molecule has 0 bridgehead atoms. The van der Waals surface area contributed by atoms with Gasteiger partial charge in [-0.15, -0.1) is 0 Å². The molecule has 2 aromatic heterocycles. The number of ether oxygens (including phenoxy) is 2. The van der Waals surface area contributed by atoms with Crippen molar-refractivity contribution in [1.82, 2.24) is 24.6 Å². The van der Waals surface area contributed by atoms with E-state index in [0.29, 0.717) is 29.7 Å². The number of carbonyl (C=O) groups is 1. The minimum atomic E-state index is -4.28. The van der Waals surface area contributed by atoms with Gasteiger partial charge in [-0.25, -0.2) is 19.5 Å². The Morgan fingerprint density at radius 3 is 2.60 bits per heavy atom. The maximum absolute atomic E-state index is 14.3. The van der Waals surface area contributed by atoms with Crippen LogP contribution in [0.25, 0.3) is 11.2 Å². The number of benzene rings is 1. The van der Waals surface area contributed by atoms with E-state index in [1.807, 2.05) is 6.92 Å². The Labute approximate surface area is 250 Å². The number of para-hydroxylation sites is 1. The van der Waals surface area contributed by atoms with E-state index in [-0.39, 0.29) is 11.9 Å². The number of hydrogen-bond acceptors (Lipinski definition) is 11. The first kappa shape index (κ1) is 31.5. The van der Waals surface area contributed by atoms with E-state index in [4.69, 9.17) is 18.5 Å². The molecule has 234 valence electrons. The van der Waals surface area contributed by atoms with Gasteiger partial charge in [0, 0.05) is 0 Å². The van der Waals surface area contributed by atoms with Gasteiger partial charge in [0.15, 0.2) is 11.9 Å². The number of aliphatic hydroxyl groups excluding tert-OH is 2. The van der Waals surface area contributed by atoms with E-state index in [0.717, 1.165) is 32.1 Å². The summed E-state index contributed by atoms with van der Waals surface area (Å²) in [5, 5.41) is 24.8. The van der Waals surface area contributed by atoms with Crippen LogP contribution < -0.4 is 9.61 Å². The van der Waals surface area contributed by atoms with Gasteiger partial charge in [0.2, 0.25) is 0 Å². The number of hydrogen-bond donors (Lipinski definition) is 3. The molecule has 7 atom stereocenters. The van der Waals surface area contributed by atoms with E-state index in [1.54, 1.807) is 44.2 Å². The predicted octanol–water partition coefficient (Wildman–Crippen LogP) is 3.98. The number of nitrogens with zero attached hydrogens (tertiary/aromatic N) is 4. The first-order valence-corrected chi connectivity index (χ1v) is 16.4. The van der Waals surface area contributed by atoms with E-state index in [9.17, 15) is 19.6 Å². The Morgan fingerprint density at radius 2 is 1.88 bits per heavy atom. The lowest BCUT2D eigenvalue weighted by molar-refractivity contribution is -0.153. The molecule has 1 saturated carbocycles. The summed E-state index contributed by atoms with van der Waals surface area (Å²) in [5.41, 5.74) is 1.61. The van der Waals surface area contributed by atoms with Crippen molar-refractivity contribution in [2.75, 3.05) is 0 Å². The third-order valence-electron chi connectivity index (χ3n) is 7.84. The van der Waals surface area contributed by atoms with Gasteiger partial charge in [-0.1, -0.05) is 38.0 Å². The topological polar surface area (TPSA) is 167 Å². The zero-order valence-corrected chi connectivity index (χ0v) is 25.5. The molecule has 0 spiro atoms. The molecule has 1 saturated heterocycles. The smallest absolute Gasteiger partial charge is 0.459 e. The highest BCUT2D eigenvalue weighted by atomic mass is 31.2. The first-order chi connectivity index (χ1) is 20.7. The third-order valence-corrected chi connectivity index (χ3v) is 9.53. The minimum Gasteiger partial charge on any atom is -0.461 e. The number of aryl methyl sites for hydroxylation is 1. The molecule has 3 heterocycles. The summed E-state index contributed by atoms with van der Waals surface area (Å²) in [5.74, 6) is -0.258. The van der Waals surface area contributed by atoms with Crippen molar-refractivity contribution < 1.29 is 38.1 Å². The summed E-state index contributed by atoms with van der Waals surface area (Å²) in [7, 11) is -4.28. The van der Waals surface area contributed by atoms with Gasteiger partial charge in [-0.2, -0.15) is 5.09 Å². The van der Waals surface area contributed by atoms with Crippen molar-refractivity contribution in [3.63, 3.8) is 0 Å². The quantitative estimate of drug-likeness (QED) is 0.198. The second-order valence-electron chi connectivity index (χ2n) is 11.1. The first-order valence-electron chi connectivity index (χ1n) is 14.9. The zero-order valence-electron chi connectivity index (χ0n) is 24.6. The highest BCUT2D eigenvalue weighted by Crippen LogP contribution is 2.48. The molecule has 5 rings (SSSR count). The van der Waals surface area contributed by atoms with Gasteiger partial charge in [-0.05, 0) is 58.1 Å². The lowest BCUT2D eigenvalue weighted by Crippen LogP contribution is -2.42. The summed E-state index contributed by atoms with van der Waals surface area (Å²) in [6.45, 7) is 5.25. The maximum atomic E-state index is 14.3. The summed E-state index contributed by atoms with van der Waals surface area (Å²) >= 11 is 0. The summed E-state index contributed by atoms with van der Waals surface area (Å²) in [6.07, 6.45) is 2.32. The van der Waals surface area contributed by atoms with Gasteiger partial charge < -0.3 is 24.2 Å². The number of imidazole rings is 1. The Balaban J connectivity index is 1.35. The number of rotatable bonds is 12. The minimum absolute atomic E-state index is 0.176. The maximum Gasteiger partial charge on any atom is 0.459 e. The molecule has 43 heavy (non-hydrogen) atoms. The molecular formula is C29H40N5O8P. The van der Waals surface area contributed by atoms with Crippen LogP contribution in [0.4, 0.5) is 0 Å². The van der Waals surface area contributed by atoms with Crippen molar-refractivity contribution in [3.05, 3.63) is 48.7 Å². The molecule has 1 aliphatic heterocycles. The molecule has 14 heteroatoms. The van der Waals surface area contributed by atoms with E-state index >= 15 is 0 Å². The fourth-order valence-electron chi connectivity index (χ4n) is 5.58. The number of aromatic nitrogens is 4. The molecule has 3 N–H and O–H groups in total. The Kier molecular flexibility index (Phi) is 10.1. The van der Waals surface area contributed by atoms with E-state index in [2.05, 4.69) is 20.0 Å². The number of carbonyl (C=O) groups excluding carboxylic acids is 1. The standard InChI is InChI=1S/C29H40N5O8P/c1-4-11-22(29(37)39-20-12-7-5-8-13-20)33-43(38,42-21-14-9-6-10-15-21)41-19(3)26-24(35)25(36)28(40-26)34-17-32-23-18(2)30-16-31-27(23)34/h6,9-10,14-17,19-20,22,24-26,28,35-36H,4-5,7-8,11-13H2,1-3H3,(H,33,38)/t19-,22-,24-,25+,26+,28+,43?/m0/s1. The van der Waals surface area contributed by atoms with Crippen LogP contribution in [0.1, 0.15) is 70.7 Å². The molecule has 2 aliphatic rings. The Morgan fingerprint density at radius 1 is 1.14 bits per heavy atom. The molecule has 1 aliphatic carbocycles. The Hall–Kier alpha value is -2.93. The summed E-state index contributed by atoms with van der Waals surface area (Å²) < 4.78 is 39.6. The van der Waals surface area contributed by atoms with Crippen LogP contribution in [0.5, 0.6) is 5.75 Å². The van der Waals surface area contributed by atoms with Crippen molar-refractivity contribution in [2.45, 2.75) is 109 Å². The lowest BCUT2D eigenvalue weighted by atomic mass is 9.98. The normalized spacial score (nSPS) is 25.7. The van der Waals surface area contributed by atoms with Crippen LogP contribution in [-0.2, 0) is 23.4 Å². The van der Waals surface area contributed by atoms with E-state index < -0.39 is 50.4 Å². The van der Waals surface area contributed by atoms with Gasteiger partial charge >= 0.3 is 13.7 Å². The monoisotopic (exact) mass is 617 g/mol. The molecule has 1 aromatic carbocycles. The van der Waals surface area contributed by atoms with Crippen LogP contribution in [0.15, 0.2) is 43.0 Å². The predicted molar refractivity (Wildman–Crippen MR) is 156 cm³/mol. The molecular weight excluding hydrogens is 577 g/mol. The summed E-state index contributed by atoms with van der Waals surface area (Å²) in [4.78, 5) is 26.0. The largest absolute Gasteiger partial charge is 0.461 e. The van der Waals surface area contributed by atoms with Gasteiger partial charge in [0.25, 0.3) is 0 Å². The van der Waals surface area contributed by atoms with Crippen LogP contribution in [0.2, 0.25) is 0 Å². The van der Waals surface area contributed by atoms with Gasteiger partial charge in [-0.3, -0.25) is 13.9 Å². The van der Waals surface area contributed by atoms with Crippen LogP contribution in [-0.4, -0.2) is 72.3 Å². The Bertz CT molecular complexity index is 1420. The lowest BCUT2D eigenvalue weighted by Gasteiger charge is -2.30. The molecule has 3 aromatic rings. The fraction of sp³-hybridized carbons (Fsp3) is 0.586. The van der Waals surface area contributed by atoms with Crippen molar-refractivity contribution in [2.24, 2.45) is 0 Å². The zero-order chi connectivity index (χ0) is 30.6. The molecule has 0 amide bonds. The van der Waals surface area contributed by atoms with E-state index in [1.165, 1.54) is 17.2 Å². The number of nitrogens with one attached hydrogen (secondary N) is 1. The molecule has 1 unspecified atom stereocenters. The van der Waals surface area contributed by atoms with Crippen LogP contribution >= 0.6 is 7.75 Å². The molecule has 13 nitrogen and oxygen atoms in total. The van der Waals surface area contributed by atoms with Crippen molar-refractivity contribution in [1.29, 1.82) is 0 Å². The van der Waals surface area contributed by atoms with Crippen LogP contribution in [0, 0.1) is 6.92 Å². The highest BCUT2D eigenvalue weighted by molar-refractivity contribution is 7.52. The second kappa shape index (κ2) is 13.8. The second-order valence-corrected chi connectivity index (χ2v) is 12.8. The van der Waals surface area contributed by atoms with Crippen molar-refractivity contribution >= 4 is 24.9 Å². The highest BCUT2D eigenvalue weighted by Gasteiger charge is 2.49. The SMILES string of the molecule is CCC[C@H](NP(=O)(Oc1ccccc1)O[C@@H](C)[C@H]1O[C@@H](n2cnc3c(C)ncnc32)[C@H](O)[C@@H]1O)C(=O)OC1CCCCC1. The number of fused-ring (bicyclic) bond motifs is 1. The fourth-order valence-corrected chi connectivity index (χ4v) is 7.31. The number of aliphatic hydroxyl groups is 2. The average molecular weight is 618 g/mol.